The minimum absolute atomic E-state index is 0.398. The van der Waals surface area contributed by atoms with Crippen LogP contribution in [-0.4, -0.2) is 15.0 Å². The van der Waals surface area contributed by atoms with E-state index < -0.39 is 5.41 Å². The van der Waals surface area contributed by atoms with E-state index in [0.717, 1.165) is 49.8 Å². The molecule has 0 N–H and O–H groups in total. The van der Waals surface area contributed by atoms with E-state index in [4.69, 9.17) is 19.4 Å². The fraction of sp³-hybridized carbons (Fsp3) is 0.0152. The molecule has 324 valence electrons. The molecule has 11 aromatic carbocycles. The molecule has 13 aromatic rings. The fourth-order valence-corrected chi connectivity index (χ4v) is 12.0. The van der Waals surface area contributed by atoms with Crippen LogP contribution >= 0.6 is 0 Å². The predicted octanol–water partition coefficient (Wildman–Crippen LogP) is 16.8. The van der Waals surface area contributed by atoms with E-state index in [1.54, 1.807) is 0 Å². The molecule has 2 aliphatic rings. The number of aromatic nitrogens is 3. The number of nitrogens with zero attached hydrogens (tertiary/aromatic N) is 3. The van der Waals surface area contributed by atoms with Crippen LogP contribution in [0.4, 0.5) is 0 Å². The Balaban J connectivity index is 0.875. The van der Waals surface area contributed by atoms with Crippen molar-refractivity contribution in [2.45, 2.75) is 5.41 Å². The Hall–Kier alpha value is -9.25. The van der Waals surface area contributed by atoms with Crippen LogP contribution in [0.25, 0.3) is 122 Å². The molecule has 2 aliphatic carbocycles. The first-order chi connectivity index (χ1) is 34.7. The van der Waals surface area contributed by atoms with Crippen molar-refractivity contribution in [3.8, 4) is 78.7 Å². The lowest BCUT2D eigenvalue weighted by Crippen LogP contribution is -2.25. The van der Waals surface area contributed by atoms with Gasteiger partial charge in [-0.2, -0.15) is 0 Å². The summed E-state index contributed by atoms with van der Waals surface area (Å²) in [6, 6.07) is 85.3. The first kappa shape index (κ1) is 38.8. The van der Waals surface area contributed by atoms with Crippen molar-refractivity contribution in [1.29, 1.82) is 0 Å². The van der Waals surface area contributed by atoms with E-state index in [0.29, 0.717) is 17.5 Å². The first-order valence-electron chi connectivity index (χ1n) is 23.9. The SMILES string of the molecule is c1ccc(-c2nc(-c3ccccc3)nc(-c3cccc4oc5ccc(-c6cccc7c6ccc6c(-c8ccc9c(c8)C8(c%10ccccc%10-c%10ccccc%108)c8ccccc8-9)cccc67)cc5c34)n2)cc1. The standard InChI is InChI=1S/C66H39N3O/c1-3-16-40(17-4-1)63-67-64(41-18-5-2-6-19-41)69-65(68-63)54-27-15-31-61-62(54)55-38-42(33-37-60(55)70-61)44-23-13-25-46-47-26-14-24-45(49(47)36-35-48(44)46)43-32-34-53-52-22-9-12-30-58(52)66(59(53)39-43)56-28-10-7-20-50(56)51-21-8-11-29-57(51)66/h1-39H. The molecular weight excluding hydrogens is 851 g/mol. The average Bonchev–Trinajstić information content (AvgIpc) is 4.07. The smallest absolute Gasteiger partial charge is 0.164 e. The molecule has 0 aliphatic heterocycles. The third kappa shape index (κ3) is 5.50. The van der Waals surface area contributed by atoms with Gasteiger partial charge in [0, 0.05) is 27.5 Å². The van der Waals surface area contributed by atoms with Crippen molar-refractivity contribution < 1.29 is 4.42 Å². The van der Waals surface area contributed by atoms with Crippen LogP contribution in [0, 0.1) is 0 Å². The Morgan fingerprint density at radius 2 is 0.714 bits per heavy atom. The summed E-state index contributed by atoms with van der Waals surface area (Å²) in [6.45, 7) is 0. The summed E-state index contributed by atoms with van der Waals surface area (Å²) >= 11 is 0. The molecule has 0 saturated carbocycles. The number of hydrogen-bond acceptors (Lipinski definition) is 4. The van der Waals surface area contributed by atoms with E-state index >= 15 is 0 Å². The second-order valence-corrected chi connectivity index (χ2v) is 18.5. The van der Waals surface area contributed by atoms with Gasteiger partial charge >= 0.3 is 0 Å². The molecule has 0 amide bonds. The lowest BCUT2D eigenvalue weighted by Gasteiger charge is -2.30. The summed E-state index contributed by atoms with van der Waals surface area (Å²) in [4.78, 5) is 15.2. The molecule has 4 heteroatoms. The summed E-state index contributed by atoms with van der Waals surface area (Å²) in [6.07, 6.45) is 0. The molecule has 0 radical (unpaired) electrons. The van der Waals surface area contributed by atoms with Gasteiger partial charge in [0.1, 0.15) is 11.2 Å². The molecule has 70 heavy (non-hydrogen) atoms. The van der Waals surface area contributed by atoms with Crippen LogP contribution in [0.2, 0.25) is 0 Å². The van der Waals surface area contributed by atoms with Gasteiger partial charge in [-0.1, -0.05) is 212 Å². The third-order valence-corrected chi connectivity index (χ3v) is 15.0. The lowest BCUT2D eigenvalue weighted by atomic mass is 9.70. The predicted molar refractivity (Wildman–Crippen MR) is 286 cm³/mol. The van der Waals surface area contributed by atoms with E-state index in [1.807, 2.05) is 72.8 Å². The summed E-state index contributed by atoms with van der Waals surface area (Å²) in [5, 5.41) is 6.84. The topological polar surface area (TPSA) is 51.8 Å². The maximum Gasteiger partial charge on any atom is 0.164 e. The molecule has 2 aromatic heterocycles. The Morgan fingerprint density at radius 1 is 0.257 bits per heavy atom. The van der Waals surface area contributed by atoms with Gasteiger partial charge < -0.3 is 4.42 Å². The van der Waals surface area contributed by atoms with Crippen LogP contribution in [0.15, 0.2) is 241 Å². The lowest BCUT2D eigenvalue weighted by molar-refractivity contribution is 0.669. The quantitative estimate of drug-likeness (QED) is 0.162. The van der Waals surface area contributed by atoms with Crippen LogP contribution < -0.4 is 0 Å². The largest absolute Gasteiger partial charge is 0.456 e. The highest BCUT2D eigenvalue weighted by Gasteiger charge is 2.51. The van der Waals surface area contributed by atoms with E-state index in [1.165, 1.54) is 77.2 Å². The Morgan fingerprint density at radius 3 is 1.30 bits per heavy atom. The normalized spacial score (nSPS) is 13.0. The van der Waals surface area contributed by atoms with E-state index in [9.17, 15) is 0 Å². The number of hydrogen-bond donors (Lipinski definition) is 0. The van der Waals surface area contributed by atoms with Crippen LogP contribution in [0.5, 0.6) is 0 Å². The highest BCUT2D eigenvalue weighted by Crippen LogP contribution is 2.63. The second kappa shape index (κ2) is 14.9. The highest BCUT2D eigenvalue weighted by molar-refractivity contribution is 6.17. The highest BCUT2D eigenvalue weighted by atomic mass is 16.3. The molecule has 2 heterocycles. The summed E-state index contributed by atoms with van der Waals surface area (Å²) in [5.41, 5.74) is 19.3. The molecular formula is C66H39N3O. The van der Waals surface area contributed by atoms with Crippen molar-refractivity contribution in [1.82, 2.24) is 15.0 Å². The zero-order valence-corrected chi connectivity index (χ0v) is 37.8. The third-order valence-electron chi connectivity index (χ3n) is 15.0. The minimum atomic E-state index is -0.398. The molecule has 0 atom stereocenters. The van der Waals surface area contributed by atoms with Gasteiger partial charge in [-0.05, 0) is 113 Å². The Labute approximate surface area is 403 Å². The van der Waals surface area contributed by atoms with Gasteiger partial charge in [0.2, 0.25) is 0 Å². The van der Waals surface area contributed by atoms with Gasteiger partial charge in [-0.25, -0.2) is 15.0 Å². The first-order valence-corrected chi connectivity index (χ1v) is 23.9. The molecule has 1 spiro atoms. The minimum Gasteiger partial charge on any atom is -0.456 e. The van der Waals surface area contributed by atoms with Gasteiger partial charge in [0.05, 0.1) is 5.41 Å². The van der Waals surface area contributed by atoms with Crippen molar-refractivity contribution in [2.24, 2.45) is 0 Å². The van der Waals surface area contributed by atoms with Gasteiger partial charge in [-0.15, -0.1) is 0 Å². The molecule has 0 saturated heterocycles. The van der Waals surface area contributed by atoms with E-state index in [-0.39, 0.29) is 0 Å². The van der Waals surface area contributed by atoms with Crippen molar-refractivity contribution >= 4 is 43.5 Å². The molecule has 0 fully saturated rings. The Kier molecular flexibility index (Phi) is 8.25. The number of benzene rings is 11. The average molecular weight is 890 g/mol. The zero-order valence-electron chi connectivity index (χ0n) is 37.8. The summed E-state index contributed by atoms with van der Waals surface area (Å²) < 4.78 is 6.58. The maximum absolute atomic E-state index is 6.58. The van der Waals surface area contributed by atoms with Gasteiger partial charge in [0.25, 0.3) is 0 Å². The molecule has 0 bridgehead atoms. The number of fused-ring (bicyclic) bond motifs is 16. The van der Waals surface area contributed by atoms with Crippen molar-refractivity contribution in [2.75, 3.05) is 0 Å². The fourth-order valence-electron chi connectivity index (χ4n) is 12.0. The van der Waals surface area contributed by atoms with Crippen LogP contribution in [0.3, 0.4) is 0 Å². The van der Waals surface area contributed by atoms with Gasteiger partial charge in [0.15, 0.2) is 17.5 Å². The molecule has 0 unspecified atom stereocenters. The summed E-state index contributed by atoms with van der Waals surface area (Å²) in [5.74, 6) is 1.84. The monoisotopic (exact) mass is 889 g/mol. The molecule has 4 nitrogen and oxygen atoms in total. The van der Waals surface area contributed by atoms with Crippen molar-refractivity contribution in [3.05, 3.63) is 259 Å². The molecule has 15 rings (SSSR count). The number of furan rings is 1. The zero-order chi connectivity index (χ0) is 45.9. The van der Waals surface area contributed by atoms with E-state index in [2.05, 4.69) is 164 Å². The maximum atomic E-state index is 6.58. The second-order valence-electron chi connectivity index (χ2n) is 18.5. The van der Waals surface area contributed by atoms with Gasteiger partial charge in [-0.3, -0.25) is 0 Å². The van der Waals surface area contributed by atoms with Crippen LogP contribution in [0.1, 0.15) is 22.3 Å². The van der Waals surface area contributed by atoms with Crippen molar-refractivity contribution in [3.63, 3.8) is 0 Å². The van der Waals surface area contributed by atoms with Crippen LogP contribution in [-0.2, 0) is 5.41 Å². The Bertz CT molecular complexity index is 4180. The summed E-state index contributed by atoms with van der Waals surface area (Å²) in [7, 11) is 0. The number of rotatable bonds is 5.